The number of rotatable bonds is 5. The van der Waals surface area contributed by atoms with Crippen LogP contribution in [-0.2, 0) is 4.74 Å². The monoisotopic (exact) mass is 294 g/mol. The van der Waals surface area contributed by atoms with E-state index in [0.717, 1.165) is 5.69 Å². The lowest BCUT2D eigenvalue weighted by atomic mass is 10.2. The Hall–Kier alpha value is -2.24. The molecule has 0 bridgehead atoms. The van der Waals surface area contributed by atoms with Crippen molar-refractivity contribution in [3.63, 3.8) is 0 Å². The predicted octanol–water partition coefficient (Wildman–Crippen LogP) is 2.71. The molecule has 0 saturated carbocycles. The summed E-state index contributed by atoms with van der Waals surface area (Å²) in [4.78, 5) is 22.3. The molecule has 1 aromatic carbocycles. The average Bonchev–Trinajstić information content (AvgIpc) is 2.34. The van der Waals surface area contributed by atoms with Crippen molar-refractivity contribution < 1.29 is 19.4 Å². The number of nitrogens with one attached hydrogen (secondary N) is 2. The number of benzene rings is 1. The zero-order chi connectivity index (χ0) is 16.0. The minimum atomic E-state index is -0.957. The topological polar surface area (TPSA) is 87.7 Å². The number of hydrogen-bond donors (Lipinski definition) is 3. The first-order valence-corrected chi connectivity index (χ1v) is 6.74. The second kappa shape index (κ2) is 6.97. The molecule has 0 fully saturated rings. The quantitative estimate of drug-likeness (QED) is 0.777. The maximum absolute atomic E-state index is 11.6. The largest absolute Gasteiger partial charge is 0.478 e. The van der Waals surface area contributed by atoms with E-state index in [1.54, 1.807) is 32.9 Å². The fraction of sp³-hybridized carbons (Fsp3) is 0.467. The highest BCUT2D eigenvalue weighted by molar-refractivity contribution is 5.87. The van der Waals surface area contributed by atoms with Gasteiger partial charge in [-0.15, -0.1) is 0 Å². The van der Waals surface area contributed by atoms with Crippen LogP contribution in [0.4, 0.5) is 10.5 Å². The molecule has 0 unspecified atom stereocenters. The molecular weight excluding hydrogens is 272 g/mol. The fourth-order valence-electron chi connectivity index (χ4n) is 1.56. The van der Waals surface area contributed by atoms with Crippen molar-refractivity contribution in [2.45, 2.75) is 39.3 Å². The summed E-state index contributed by atoms with van der Waals surface area (Å²) in [5.74, 6) is -0.957. The number of carbonyl (C=O) groups is 2. The van der Waals surface area contributed by atoms with Crippen molar-refractivity contribution in [1.29, 1.82) is 0 Å². The molecule has 0 aliphatic heterocycles. The molecule has 1 amide bonds. The number of ether oxygens (including phenoxy) is 1. The van der Waals surface area contributed by atoms with Crippen LogP contribution in [0.1, 0.15) is 38.1 Å². The van der Waals surface area contributed by atoms with Crippen molar-refractivity contribution in [2.24, 2.45) is 0 Å². The van der Waals surface area contributed by atoms with E-state index >= 15 is 0 Å². The number of alkyl carbamates (subject to hydrolysis) is 1. The molecule has 0 aliphatic rings. The van der Waals surface area contributed by atoms with Gasteiger partial charge in [0.1, 0.15) is 5.60 Å². The molecule has 0 aliphatic carbocycles. The predicted molar refractivity (Wildman–Crippen MR) is 80.7 cm³/mol. The summed E-state index contributed by atoms with van der Waals surface area (Å²) in [7, 11) is 0. The van der Waals surface area contributed by atoms with Gasteiger partial charge in [0.15, 0.2) is 0 Å². The molecule has 1 rings (SSSR count). The number of carboxylic acids is 1. The Labute approximate surface area is 124 Å². The number of amides is 1. The molecule has 21 heavy (non-hydrogen) atoms. The van der Waals surface area contributed by atoms with Gasteiger partial charge in [-0.05, 0) is 52.0 Å². The van der Waals surface area contributed by atoms with E-state index < -0.39 is 17.7 Å². The van der Waals surface area contributed by atoms with Gasteiger partial charge in [0.25, 0.3) is 0 Å². The lowest BCUT2D eigenvalue weighted by Gasteiger charge is -2.22. The van der Waals surface area contributed by atoms with Gasteiger partial charge >= 0.3 is 12.1 Å². The summed E-state index contributed by atoms with van der Waals surface area (Å²) in [6.07, 6.45) is -0.460. The molecule has 1 atom stereocenters. The van der Waals surface area contributed by atoms with Crippen molar-refractivity contribution >= 4 is 17.7 Å². The van der Waals surface area contributed by atoms with Crippen molar-refractivity contribution in [3.8, 4) is 0 Å². The van der Waals surface area contributed by atoms with E-state index in [9.17, 15) is 9.59 Å². The number of hydrogen-bond acceptors (Lipinski definition) is 4. The normalized spacial score (nSPS) is 12.4. The van der Waals surface area contributed by atoms with Gasteiger partial charge in [0.05, 0.1) is 5.56 Å². The highest BCUT2D eigenvalue weighted by Crippen LogP contribution is 2.10. The summed E-state index contributed by atoms with van der Waals surface area (Å²) in [6.45, 7) is 7.77. The lowest BCUT2D eigenvalue weighted by Crippen LogP contribution is -2.40. The van der Waals surface area contributed by atoms with E-state index in [1.807, 2.05) is 6.92 Å². The minimum Gasteiger partial charge on any atom is -0.478 e. The second-order valence-corrected chi connectivity index (χ2v) is 5.81. The smallest absolute Gasteiger partial charge is 0.407 e. The number of anilines is 1. The molecule has 6 heteroatoms. The third-order valence-electron chi connectivity index (χ3n) is 2.51. The lowest BCUT2D eigenvalue weighted by molar-refractivity contribution is 0.0510. The van der Waals surface area contributed by atoms with Crippen LogP contribution in [0.5, 0.6) is 0 Å². The standard InChI is InChI=1S/C15H22N2O4/c1-10(17-14(20)21-15(2,3)4)9-16-12-7-5-11(6-8-12)13(18)19/h5-8,10,16H,9H2,1-4H3,(H,17,20)(H,18,19)/t10-/m0/s1. The van der Waals surface area contributed by atoms with Crippen LogP contribution in [-0.4, -0.2) is 35.4 Å². The number of carboxylic acid groups (broad SMARTS) is 1. The highest BCUT2D eigenvalue weighted by Gasteiger charge is 2.17. The van der Waals surface area contributed by atoms with Gasteiger partial charge in [-0.25, -0.2) is 9.59 Å². The Morgan fingerprint density at radius 3 is 2.29 bits per heavy atom. The zero-order valence-corrected chi connectivity index (χ0v) is 12.8. The summed E-state index contributed by atoms with van der Waals surface area (Å²) >= 11 is 0. The van der Waals surface area contributed by atoms with Crippen LogP contribution in [0.3, 0.4) is 0 Å². The molecule has 0 aromatic heterocycles. The zero-order valence-electron chi connectivity index (χ0n) is 12.8. The van der Waals surface area contributed by atoms with Gasteiger partial charge in [-0.2, -0.15) is 0 Å². The molecular formula is C15H22N2O4. The Bertz CT molecular complexity index is 491. The molecule has 1 aromatic rings. The number of aromatic carboxylic acids is 1. The van der Waals surface area contributed by atoms with E-state index in [1.165, 1.54) is 12.1 Å². The van der Waals surface area contributed by atoms with Crippen molar-refractivity contribution in [2.75, 3.05) is 11.9 Å². The molecule has 0 spiro atoms. The SMILES string of the molecule is C[C@@H](CNc1ccc(C(=O)O)cc1)NC(=O)OC(C)(C)C. The van der Waals surface area contributed by atoms with Crippen molar-refractivity contribution in [3.05, 3.63) is 29.8 Å². The van der Waals surface area contributed by atoms with Gasteiger partial charge in [-0.3, -0.25) is 0 Å². The fourth-order valence-corrected chi connectivity index (χ4v) is 1.56. The third kappa shape index (κ3) is 6.65. The maximum Gasteiger partial charge on any atom is 0.407 e. The Balaban J connectivity index is 2.40. The van der Waals surface area contributed by atoms with Crippen LogP contribution in [0.2, 0.25) is 0 Å². The van der Waals surface area contributed by atoms with E-state index in [0.29, 0.717) is 6.54 Å². The average molecular weight is 294 g/mol. The summed E-state index contributed by atoms with van der Waals surface area (Å²) in [5.41, 5.74) is 0.502. The minimum absolute atomic E-state index is 0.126. The van der Waals surface area contributed by atoms with Gasteiger partial charge in [-0.1, -0.05) is 0 Å². The maximum atomic E-state index is 11.6. The Kier molecular flexibility index (Phi) is 5.58. The van der Waals surface area contributed by atoms with E-state index in [4.69, 9.17) is 9.84 Å². The molecule has 0 heterocycles. The van der Waals surface area contributed by atoms with Gasteiger partial charge < -0.3 is 20.5 Å². The van der Waals surface area contributed by atoms with Gasteiger partial charge in [0, 0.05) is 18.3 Å². The summed E-state index contributed by atoms with van der Waals surface area (Å²) < 4.78 is 5.16. The molecule has 3 N–H and O–H groups in total. The second-order valence-electron chi connectivity index (χ2n) is 5.81. The van der Waals surface area contributed by atoms with Crippen LogP contribution in [0.15, 0.2) is 24.3 Å². The van der Waals surface area contributed by atoms with Crippen LogP contribution in [0, 0.1) is 0 Å². The Morgan fingerprint density at radius 2 is 1.81 bits per heavy atom. The number of carbonyl (C=O) groups excluding carboxylic acids is 1. The summed E-state index contributed by atoms with van der Waals surface area (Å²) in [6, 6.07) is 6.29. The first-order valence-electron chi connectivity index (χ1n) is 6.74. The first kappa shape index (κ1) is 16.8. The molecule has 0 saturated heterocycles. The van der Waals surface area contributed by atoms with E-state index in [-0.39, 0.29) is 11.6 Å². The Morgan fingerprint density at radius 1 is 1.24 bits per heavy atom. The van der Waals surface area contributed by atoms with Crippen LogP contribution >= 0.6 is 0 Å². The first-order chi connectivity index (χ1) is 9.67. The molecule has 0 radical (unpaired) electrons. The molecule has 6 nitrogen and oxygen atoms in total. The van der Waals surface area contributed by atoms with Gasteiger partial charge in [0.2, 0.25) is 0 Å². The van der Waals surface area contributed by atoms with Crippen LogP contribution < -0.4 is 10.6 Å². The molecule has 116 valence electrons. The van der Waals surface area contributed by atoms with E-state index in [2.05, 4.69) is 10.6 Å². The highest BCUT2D eigenvalue weighted by atomic mass is 16.6. The summed E-state index contributed by atoms with van der Waals surface area (Å²) in [5, 5.41) is 14.6. The van der Waals surface area contributed by atoms with Crippen molar-refractivity contribution in [1.82, 2.24) is 5.32 Å². The third-order valence-corrected chi connectivity index (χ3v) is 2.51. The van der Waals surface area contributed by atoms with Crippen LogP contribution in [0.25, 0.3) is 0 Å².